The summed E-state index contributed by atoms with van der Waals surface area (Å²) in [6.45, 7) is 1.89. The molecule has 40 heavy (non-hydrogen) atoms. The van der Waals surface area contributed by atoms with Gasteiger partial charge in [0.05, 0.1) is 12.7 Å². The molecule has 0 fully saturated rings. The zero-order valence-corrected chi connectivity index (χ0v) is 23.5. The lowest BCUT2D eigenvalue weighted by Gasteiger charge is -2.37. The van der Waals surface area contributed by atoms with Gasteiger partial charge in [-0.2, -0.15) is 0 Å². The smallest absolute Gasteiger partial charge is 0.341 e. The van der Waals surface area contributed by atoms with Crippen molar-refractivity contribution >= 4 is 34.0 Å². The Labute approximate surface area is 238 Å². The van der Waals surface area contributed by atoms with Gasteiger partial charge >= 0.3 is 5.97 Å². The summed E-state index contributed by atoms with van der Waals surface area (Å²) in [5.41, 5.74) is 6.25. The van der Waals surface area contributed by atoms with Gasteiger partial charge in [0.15, 0.2) is 5.78 Å². The predicted molar refractivity (Wildman–Crippen MR) is 156 cm³/mol. The van der Waals surface area contributed by atoms with E-state index in [2.05, 4.69) is 22.8 Å². The van der Waals surface area contributed by atoms with E-state index < -0.39 is 11.9 Å². The van der Waals surface area contributed by atoms with Crippen molar-refractivity contribution in [1.82, 2.24) is 5.32 Å². The van der Waals surface area contributed by atoms with Gasteiger partial charge in [-0.25, -0.2) is 4.79 Å². The molecule has 0 saturated carbocycles. The second-order valence-corrected chi connectivity index (χ2v) is 11.8. The molecule has 6 rings (SSSR count). The molecule has 0 saturated heterocycles. The Morgan fingerprint density at radius 3 is 2.33 bits per heavy atom. The van der Waals surface area contributed by atoms with Crippen LogP contribution in [0, 0.1) is 0 Å². The molecule has 2 heterocycles. The molecular weight excluding hydrogens is 520 g/mol. The minimum atomic E-state index is -0.502. The van der Waals surface area contributed by atoms with Gasteiger partial charge in [-0.05, 0) is 61.6 Å². The van der Waals surface area contributed by atoms with Crippen molar-refractivity contribution in [1.29, 1.82) is 0 Å². The SMILES string of the molecule is COC(=O)c1c(NC(=O)C2=C(C)NC3=C(C(=O)C[C@@H](c4ccccc4)C3)[C@@H]2c2ccccc2)sc2c1CCCC2. The van der Waals surface area contributed by atoms with Gasteiger partial charge in [-0.1, -0.05) is 60.7 Å². The third kappa shape index (κ3) is 4.68. The number of amides is 1. The monoisotopic (exact) mass is 552 g/mol. The van der Waals surface area contributed by atoms with E-state index in [-0.39, 0.29) is 17.6 Å². The van der Waals surface area contributed by atoms with Crippen LogP contribution >= 0.6 is 11.3 Å². The van der Waals surface area contributed by atoms with Gasteiger partial charge in [0.1, 0.15) is 5.00 Å². The minimum Gasteiger partial charge on any atom is -0.465 e. The number of allylic oxidation sites excluding steroid dienone is 3. The number of thiophene rings is 1. The van der Waals surface area contributed by atoms with Crippen LogP contribution in [-0.2, 0) is 27.2 Å². The van der Waals surface area contributed by atoms with E-state index in [4.69, 9.17) is 4.74 Å². The molecule has 6 nitrogen and oxygen atoms in total. The maximum Gasteiger partial charge on any atom is 0.341 e. The molecule has 2 N–H and O–H groups in total. The Morgan fingerprint density at radius 1 is 0.950 bits per heavy atom. The maximum atomic E-state index is 14.1. The number of carbonyl (C=O) groups is 3. The van der Waals surface area contributed by atoms with E-state index in [1.165, 1.54) is 18.4 Å². The van der Waals surface area contributed by atoms with E-state index in [0.29, 0.717) is 40.2 Å². The number of ether oxygens (including phenoxy) is 1. The lowest BCUT2D eigenvalue weighted by Crippen LogP contribution is -2.37. The van der Waals surface area contributed by atoms with Crippen LogP contribution in [0.5, 0.6) is 0 Å². The molecule has 2 aromatic carbocycles. The fraction of sp³-hybridized carbons (Fsp3) is 0.303. The zero-order chi connectivity index (χ0) is 27.8. The maximum absolute atomic E-state index is 14.1. The number of hydrogen-bond acceptors (Lipinski definition) is 6. The van der Waals surface area contributed by atoms with Crippen LogP contribution in [0.25, 0.3) is 0 Å². The lowest BCUT2D eigenvalue weighted by atomic mass is 9.71. The number of fused-ring (bicyclic) bond motifs is 1. The summed E-state index contributed by atoms with van der Waals surface area (Å²) in [7, 11) is 1.37. The van der Waals surface area contributed by atoms with Crippen molar-refractivity contribution in [2.24, 2.45) is 0 Å². The van der Waals surface area contributed by atoms with Gasteiger partial charge in [0.2, 0.25) is 0 Å². The molecule has 3 aliphatic rings. The molecule has 1 aliphatic heterocycles. The molecular formula is C33H32N2O4S. The van der Waals surface area contributed by atoms with Gasteiger partial charge in [-0.3, -0.25) is 9.59 Å². The molecule has 0 radical (unpaired) electrons. The normalized spacial score (nSPS) is 20.4. The van der Waals surface area contributed by atoms with E-state index in [0.717, 1.165) is 52.9 Å². The van der Waals surface area contributed by atoms with Crippen LogP contribution < -0.4 is 10.6 Å². The molecule has 1 amide bonds. The quantitative estimate of drug-likeness (QED) is 0.357. The van der Waals surface area contributed by atoms with Crippen molar-refractivity contribution in [3.05, 3.63) is 110 Å². The highest BCUT2D eigenvalue weighted by Gasteiger charge is 2.41. The number of hydrogen-bond donors (Lipinski definition) is 2. The van der Waals surface area contributed by atoms with Gasteiger partial charge < -0.3 is 15.4 Å². The van der Waals surface area contributed by atoms with E-state index in [1.54, 1.807) is 0 Å². The summed E-state index contributed by atoms with van der Waals surface area (Å²) in [5, 5.41) is 7.05. The number of esters is 1. The molecule has 7 heteroatoms. The topological polar surface area (TPSA) is 84.5 Å². The fourth-order valence-corrected chi connectivity index (χ4v) is 7.69. The van der Waals surface area contributed by atoms with Crippen molar-refractivity contribution in [2.75, 3.05) is 12.4 Å². The number of methoxy groups -OCH3 is 1. The molecule has 0 unspecified atom stereocenters. The van der Waals surface area contributed by atoms with Crippen molar-refractivity contribution < 1.29 is 19.1 Å². The lowest BCUT2D eigenvalue weighted by molar-refractivity contribution is -0.116. The van der Waals surface area contributed by atoms with Gasteiger partial charge in [0.25, 0.3) is 5.91 Å². The summed E-state index contributed by atoms with van der Waals surface area (Å²) >= 11 is 1.46. The highest BCUT2D eigenvalue weighted by molar-refractivity contribution is 7.17. The van der Waals surface area contributed by atoms with E-state index in [1.807, 2.05) is 55.5 Å². The Balaban J connectivity index is 1.39. The molecule has 0 spiro atoms. The highest BCUT2D eigenvalue weighted by Crippen LogP contribution is 2.46. The van der Waals surface area contributed by atoms with Crippen LogP contribution in [-0.4, -0.2) is 24.8 Å². The van der Waals surface area contributed by atoms with Crippen molar-refractivity contribution in [3.8, 4) is 0 Å². The first-order valence-corrected chi connectivity index (χ1v) is 14.7. The standard InChI is InChI=1S/C33H32N2O4S/c1-19-27(31(37)35-32-29(33(38)39-2)23-15-9-10-16-26(23)40-32)28(21-13-7-4-8-14-21)30-24(34-19)17-22(18-25(30)36)20-11-5-3-6-12-20/h3-8,11-14,22,28,34H,9-10,15-18H2,1-2H3,(H,35,37)/t22-,28+/m0/s1. The Morgan fingerprint density at radius 2 is 1.62 bits per heavy atom. The average molecular weight is 553 g/mol. The number of anilines is 1. The molecule has 3 aromatic rings. The summed E-state index contributed by atoms with van der Waals surface area (Å²) in [6, 6.07) is 19.9. The Bertz CT molecular complexity index is 1550. The third-order valence-electron chi connectivity index (χ3n) is 8.26. The van der Waals surface area contributed by atoms with Gasteiger partial charge in [-0.15, -0.1) is 11.3 Å². The second kappa shape index (κ2) is 10.9. The van der Waals surface area contributed by atoms with Gasteiger partial charge in [0, 0.05) is 39.8 Å². The van der Waals surface area contributed by atoms with E-state index in [9.17, 15) is 14.4 Å². The largest absolute Gasteiger partial charge is 0.465 e. The fourth-order valence-electron chi connectivity index (χ4n) is 6.42. The van der Waals surface area contributed by atoms with Crippen LogP contribution in [0.4, 0.5) is 5.00 Å². The van der Waals surface area contributed by atoms with Crippen LogP contribution in [0.15, 0.2) is 83.2 Å². The first-order valence-electron chi connectivity index (χ1n) is 13.8. The van der Waals surface area contributed by atoms with E-state index >= 15 is 0 Å². The first-order chi connectivity index (χ1) is 19.5. The zero-order valence-electron chi connectivity index (χ0n) is 22.7. The van der Waals surface area contributed by atoms with Crippen LogP contribution in [0.1, 0.15) is 76.4 Å². The van der Waals surface area contributed by atoms with Crippen LogP contribution in [0.3, 0.4) is 0 Å². The minimum absolute atomic E-state index is 0.0519. The molecule has 204 valence electrons. The molecule has 2 aliphatic carbocycles. The van der Waals surface area contributed by atoms with Crippen LogP contribution in [0.2, 0.25) is 0 Å². The Hall–Kier alpha value is -3.97. The highest BCUT2D eigenvalue weighted by atomic mass is 32.1. The summed E-state index contributed by atoms with van der Waals surface area (Å²) in [6.07, 6.45) is 4.86. The number of benzene rings is 2. The van der Waals surface area contributed by atoms with Crippen molar-refractivity contribution in [3.63, 3.8) is 0 Å². The number of aryl methyl sites for hydroxylation is 1. The molecule has 1 aromatic heterocycles. The third-order valence-corrected chi connectivity index (χ3v) is 9.47. The number of rotatable bonds is 5. The summed E-state index contributed by atoms with van der Waals surface area (Å²) in [5.74, 6) is -1.11. The summed E-state index contributed by atoms with van der Waals surface area (Å²) in [4.78, 5) is 41.9. The number of nitrogens with one attached hydrogen (secondary N) is 2. The number of ketones is 1. The average Bonchev–Trinajstić information content (AvgIpc) is 3.34. The molecule has 2 atom stereocenters. The number of dihydropyridines is 1. The Kier molecular flexibility index (Phi) is 7.15. The summed E-state index contributed by atoms with van der Waals surface area (Å²) < 4.78 is 5.11. The first kappa shape index (κ1) is 26.3. The predicted octanol–water partition coefficient (Wildman–Crippen LogP) is 6.41. The van der Waals surface area contributed by atoms with Crippen molar-refractivity contribution in [2.45, 2.75) is 57.3 Å². The number of carbonyl (C=O) groups excluding carboxylic acids is 3. The number of Topliss-reactive ketones (excluding diaryl/α,β-unsaturated/α-hetero) is 1. The second-order valence-electron chi connectivity index (χ2n) is 10.7. The molecule has 0 bridgehead atoms.